The van der Waals surface area contributed by atoms with E-state index in [4.69, 9.17) is 5.11 Å². The second-order valence-corrected chi connectivity index (χ2v) is 4.44. The highest BCUT2D eigenvalue weighted by Gasteiger charge is 2.11. The highest BCUT2D eigenvalue weighted by atomic mass is 79.9. The van der Waals surface area contributed by atoms with Crippen molar-refractivity contribution in [1.29, 1.82) is 0 Å². The predicted molar refractivity (Wildman–Crippen MR) is 63.2 cm³/mol. The highest BCUT2D eigenvalue weighted by molar-refractivity contribution is 9.10. The molecule has 1 N–H and O–H groups in total. The third kappa shape index (κ3) is 2.89. The van der Waals surface area contributed by atoms with Crippen molar-refractivity contribution in [2.24, 2.45) is 0 Å². The quantitative estimate of drug-likeness (QED) is 0.929. The number of halogens is 2. The summed E-state index contributed by atoms with van der Waals surface area (Å²) in [5, 5.41) is 19.5. The van der Waals surface area contributed by atoms with Gasteiger partial charge >= 0.3 is 5.97 Å². The van der Waals surface area contributed by atoms with E-state index in [9.17, 15) is 9.18 Å². The largest absolute Gasteiger partial charge is 0.481 e. The molecule has 2 aromatic rings. The van der Waals surface area contributed by atoms with Crippen LogP contribution in [0.5, 0.6) is 0 Å². The van der Waals surface area contributed by atoms with Gasteiger partial charge in [0, 0.05) is 10.0 Å². The first-order chi connectivity index (χ1) is 8.56. The molecular weight excluding hydrogens is 307 g/mol. The second-order valence-electron chi connectivity index (χ2n) is 3.53. The molecular formula is C10H8BrFN4O2. The summed E-state index contributed by atoms with van der Waals surface area (Å²) in [4.78, 5) is 10.5. The molecule has 0 aliphatic heterocycles. The molecule has 0 spiro atoms. The lowest BCUT2D eigenvalue weighted by atomic mass is 10.2. The Morgan fingerprint density at radius 3 is 2.89 bits per heavy atom. The molecule has 0 atom stereocenters. The van der Waals surface area contributed by atoms with Crippen LogP contribution < -0.4 is 0 Å². The molecule has 0 bridgehead atoms. The number of aliphatic carboxylic acids is 1. The van der Waals surface area contributed by atoms with E-state index in [-0.39, 0.29) is 13.0 Å². The van der Waals surface area contributed by atoms with Crippen molar-refractivity contribution in [1.82, 2.24) is 20.2 Å². The summed E-state index contributed by atoms with van der Waals surface area (Å²) < 4.78 is 15.2. The molecule has 8 heteroatoms. The summed E-state index contributed by atoms with van der Waals surface area (Å²) in [6.07, 6.45) is -0.103. The van der Waals surface area contributed by atoms with Crippen molar-refractivity contribution in [3.8, 4) is 11.4 Å². The van der Waals surface area contributed by atoms with E-state index in [2.05, 4.69) is 31.5 Å². The van der Waals surface area contributed by atoms with Crippen LogP contribution in [0, 0.1) is 5.82 Å². The summed E-state index contributed by atoms with van der Waals surface area (Å²) in [7, 11) is 0. The van der Waals surface area contributed by atoms with Gasteiger partial charge in [-0.2, -0.15) is 0 Å². The number of rotatable bonds is 4. The average molecular weight is 315 g/mol. The molecule has 0 aliphatic rings. The maximum atomic E-state index is 13.3. The van der Waals surface area contributed by atoms with Crippen LogP contribution in [0.3, 0.4) is 0 Å². The minimum absolute atomic E-state index is 0.103. The number of hydrogen-bond donors (Lipinski definition) is 1. The Bertz CT molecular complexity index is 567. The molecule has 94 valence electrons. The van der Waals surface area contributed by atoms with Crippen LogP contribution in [-0.2, 0) is 11.3 Å². The zero-order valence-electron chi connectivity index (χ0n) is 9.05. The molecule has 0 radical (unpaired) electrons. The number of carbonyl (C=O) groups is 1. The number of aryl methyl sites for hydroxylation is 1. The van der Waals surface area contributed by atoms with Crippen LogP contribution in [0.15, 0.2) is 22.7 Å². The number of tetrazole rings is 1. The summed E-state index contributed by atoms with van der Waals surface area (Å²) in [5.74, 6) is -1.04. The van der Waals surface area contributed by atoms with Gasteiger partial charge in [-0.3, -0.25) is 4.79 Å². The van der Waals surface area contributed by atoms with Crippen LogP contribution in [0.4, 0.5) is 4.39 Å². The Morgan fingerprint density at radius 2 is 2.22 bits per heavy atom. The smallest absolute Gasteiger partial charge is 0.305 e. The molecule has 0 amide bonds. The number of carboxylic acid groups (broad SMARTS) is 1. The van der Waals surface area contributed by atoms with Crippen molar-refractivity contribution in [3.05, 3.63) is 28.5 Å². The van der Waals surface area contributed by atoms with Gasteiger partial charge in [-0.15, -0.1) is 5.10 Å². The Kier molecular flexibility index (Phi) is 3.66. The van der Waals surface area contributed by atoms with Gasteiger partial charge in [-0.05, 0) is 28.6 Å². The van der Waals surface area contributed by atoms with Crippen molar-refractivity contribution in [3.63, 3.8) is 0 Å². The van der Waals surface area contributed by atoms with Crippen molar-refractivity contribution in [2.45, 2.75) is 13.0 Å². The predicted octanol–water partition coefficient (Wildman–Crippen LogP) is 1.72. The van der Waals surface area contributed by atoms with E-state index in [1.807, 2.05) is 0 Å². The third-order valence-electron chi connectivity index (χ3n) is 2.19. The lowest BCUT2D eigenvalue weighted by Crippen LogP contribution is -2.07. The first-order valence-corrected chi connectivity index (χ1v) is 5.80. The first kappa shape index (κ1) is 12.6. The van der Waals surface area contributed by atoms with E-state index in [1.165, 1.54) is 16.8 Å². The van der Waals surface area contributed by atoms with Gasteiger partial charge in [0.1, 0.15) is 5.82 Å². The Hall–Kier alpha value is -1.83. The zero-order chi connectivity index (χ0) is 13.1. The molecule has 1 heterocycles. The van der Waals surface area contributed by atoms with E-state index in [0.29, 0.717) is 15.9 Å². The lowest BCUT2D eigenvalue weighted by molar-refractivity contribution is -0.137. The van der Waals surface area contributed by atoms with Gasteiger partial charge in [0.05, 0.1) is 13.0 Å². The fourth-order valence-electron chi connectivity index (χ4n) is 1.45. The molecule has 2 rings (SSSR count). The van der Waals surface area contributed by atoms with Crippen LogP contribution in [0.1, 0.15) is 6.42 Å². The molecule has 18 heavy (non-hydrogen) atoms. The normalized spacial score (nSPS) is 10.6. The first-order valence-electron chi connectivity index (χ1n) is 5.00. The number of aromatic nitrogens is 4. The topological polar surface area (TPSA) is 80.9 Å². The SMILES string of the molecule is O=C(O)CCn1nnnc1-c1cc(F)cc(Br)c1. The Morgan fingerprint density at radius 1 is 1.44 bits per heavy atom. The molecule has 0 saturated carbocycles. The summed E-state index contributed by atoms with van der Waals surface area (Å²) in [5.41, 5.74) is 0.484. The number of hydrogen-bond acceptors (Lipinski definition) is 4. The minimum Gasteiger partial charge on any atom is -0.481 e. The fourth-order valence-corrected chi connectivity index (χ4v) is 1.91. The molecule has 6 nitrogen and oxygen atoms in total. The van der Waals surface area contributed by atoms with E-state index in [1.54, 1.807) is 6.07 Å². The maximum absolute atomic E-state index is 13.3. The number of carboxylic acids is 1. The number of benzene rings is 1. The van der Waals surface area contributed by atoms with Crippen LogP contribution in [0.2, 0.25) is 0 Å². The Labute approximate surface area is 110 Å². The van der Waals surface area contributed by atoms with Gasteiger partial charge in [-0.25, -0.2) is 9.07 Å². The molecule has 0 aliphatic carbocycles. The van der Waals surface area contributed by atoms with Gasteiger partial charge in [0.15, 0.2) is 5.82 Å². The summed E-state index contributed by atoms with van der Waals surface area (Å²) >= 11 is 3.17. The monoisotopic (exact) mass is 314 g/mol. The van der Waals surface area contributed by atoms with Crippen LogP contribution in [-0.4, -0.2) is 31.3 Å². The zero-order valence-corrected chi connectivity index (χ0v) is 10.6. The molecule has 1 aromatic heterocycles. The Balaban J connectivity index is 2.33. The summed E-state index contributed by atoms with van der Waals surface area (Å²) in [6.45, 7) is 0.131. The molecule has 0 fully saturated rings. The van der Waals surface area contributed by atoms with E-state index in [0.717, 1.165) is 0 Å². The number of nitrogens with zero attached hydrogens (tertiary/aromatic N) is 4. The standard InChI is InChI=1S/C10H8BrFN4O2/c11-7-3-6(4-8(12)5-7)10-13-14-15-16(10)2-1-9(17)18/h3-5H,1-2H2,(H,17,18). The second kappa shape index (κ2) is 5.21. The molecule has 1 aromatic carbocycles. The van der Waals surface area contributed by atoms with E-state index < -0.39 is 11.8 Å². The maximum Gasteiger partial charge on any atom is 0.305 e. The molecule has 0 saturated heterocycles. The van der Waals surface area contributed by atoms with Gasteiger partial charge in [0.2, 0.25) is 0 Å². The van der Waals surface area contributed by atoms with Crippen molar-refractivity contribution in [2.75, 3.05) is 0 Å². The summed E-state index contributed by atoms with van der Waals surface area (Å²) in [6, 6.07) is 4.26. The fraction of sp³-hybridized carbons (Fsp3) is 0.200. The van der Waals surface area contributed by atoms with Crippen LogP contribution >= 0.6 is 15.9 Å². The minimum atomic E-state index is -0.947. The average Bonchev–Trinajstić information content (AvgIpc) is 2.72. The van der Waals surface area contributed by atoms with Crippen molar-refractivity contribution < 1.29 is 14.3 Å². The highest BCUT2D eigenvalue weighted by Crippen LogP contribution is 2.22. The molecule has 0 unspecified atom stereocenters. The van der Waals surface area contributed by atoms with Gasteiger partial charge in [0.25, 0.3) is 0 Å². The van der Waals surface area contributed by atoms with Gasteiger partial charge in [-0.1, -0.05) is 15.9 Å². The van der Waals surface area contributed by atoms with E-state index >= 15 is 0 Å². The lowest BCUT2D eigenvalue weighted by Gasteiger charge is -2.03. The van der Waals surface area contributed by atoms with Crippen LogP contribution in [0.25, 0.3) is 11.4 Å². The van der Waals surface area contributed by atoms with Crippen molar-refractivity contribution >= 4 is 21.9 Å². The van der Waals surface area contributed by atoms with Gasteiger partial charge < -0.3 is 5.11 Å². The third-order valence-corrected chi connectivity index (χ3v) is 2.65.